The summed E-state index contributed by atoms with van der Waals surface area (Å²) in [6, 6.07) is 10.2. The normalized spacial score (nSPS) is 12.7. The third kappa shape index (κ3) is 2.89. The first-order valence-corrected chi connectivity index (χ1v) is 8.21. The Morgan fingerprint density at radius 3 is 2.59 bits per heavy atom. The summed E-state index contributed by atoms with van der Waals surface area (Å²) in [7, 11) is 1.77. The van der Waals surface area contributed by atoms with Gasteiger partial charge in [0.05, 0.1) is 16.3 Å². The van der Waals surface area contributed by atoms with Crippen LogP contribution in [-0.2, 0) is 0 Å². The lowest BCUT2D eigenvalue weighted by Gasteiger charge is -2.20. The van der Waals surface area contributed by atoms with Crippen molar-refractivity contribution in [3.05, 3.63) is 81.0 Å². The quantitative estimate of drug-likeness (QED) is 0.371. The first kappa shape index (κ1) is 17.0. The zero-order valence-corrected chi connectivity index (χ0v) is 14.7. The Morgan fingerprint density at radius 2 is 1.89 bits per heavy atom. The van der Waals surface area contributed by atoms with Crippen LogP contribution in [0.3, 0.4) is 0 Å². The SMILES string of the molecule is CN1c2ccc(F)cc2C(c2ccc([N+](=O)[O-])cc2)=Nc2c(Cl)ncnc21. The fourth-order valence-electron chi connectivity index (χ4n) is 2.93. The third-order valence-electron chi connectivity index (χ3n) is 4.23. The summed E-state index contributed by atoms with van der Waals surface area (Å²) in [4.78, 5) is 25.0. The average molecular weight is 384 g/mol. The molecule has 27 heavy (non-hydrogen) atoms. The summed E-state index contributed by atoms with van der Waals surface area (Å²) in [6.07, 6.45) is 1.33. The van der Waals surface area contributed by atoms with E-state index in [1.165, 1.54) is 30.6 Å². The van der Waals surface area contributed by atoms with Gasteiger partial charge in [-0.05, 0) is 30.3 Å². The Hall–Kier alpha value is -3.39. The lowest BCUT2D eigenvalue weighted by Crippen LogP contribution is -2.14. The number of nitrogens with zero attached hydrogens (tertiary/aromatic N) is 5. The van der Waals surface area contributed by atoms with Gasteiger partial charge in [0.1, 0.15) is 17.8 Å². The van der Waals surface area contributed by atoms with E-state index in [1.54, 1.807) is 30.1 Å². The van der Waals surface area contributed by atoms with Crippen molar-refractivity contribution >= 4 is 40.2 Å². The number of aliphatic imine (C=N–C) groups is 1. The minimum Gasteiger partial charge on any atom is -0.327 e. The summed E-state index contributed by atoms with van der Waals surface area (Å²) in [5.41, 5.74) is 2.47. The minimum atomic E-state index is -0.486. The molecule has 0 saturated heterocycles. The Bertz CT molecular complexity index is 1100. The molecular formula is C18H11ClFN5O2. The molecule has 0 saturated carbocycles. The van der Waals surface area contributed by atoms with Gasteiger partial charge in [0.15, 0.2) is 11.0 Å². The average Bonchev–Trinajstić information content (AvgIpc) is 2.78. The van der Waals surface area contributed by atoms with E-state index >= 15 is 0 Å². The second-order valence-corrected chi connectivity index (χ2v) is 6.18. The van der Waals surface area contributed by atoms with Gasteiger partial charge in [0.2, 0.25) is 0 Å². The van der Waals surface area contributed by atoms with E-state index in [0.717, 1.165) is 0 Å². The van der Waals surface area contributed by atoms with Crippen LogP contribution in [0.5, 0.6) is 0 Å². The standard InChI is InChI=1S/C18H11ClFN5O2/c1-24-14-7-4-11(20)8-13(14)15(10-2-5-12(6-3-10)25(26)27)23-16-17(19)21-9-22-18(16)24/h2-9H,1H3. The fourth-order valence-corrected chi connectivity index (χ4v) is 3.10. The number of anilines is 2. The molecular weight excluding hydrogens is 373 g/mol. The molecule has 7 nitrogen and oxygen atoms in total. The van der Waals surface area contributed by atoms with Gasteiger partial charge < -0.3 is 4.90 Å². The van der Waals surface area contributed by atoms with Gasteiger partial charge in [-0.25, -0.2) is 19.4 Å². The van der Waals surface area contributed by atoms with Gasteiger partial charge in [-0.3, -0.25) is 10.1 Å². The van der Waals surface area contributed by atoms with Crippen molar-refractivity contribution in [3.8, 4) is 0 Å². The molecule has 0 aliphatic carbocycles. The van der Waals surface area contributed by atoms with Gasteiger partial charge in [0, 0.05) is 30.3 Å². The molecule has 0 atom stereocenters. The van der Waals surface area contributed by atoms with Crippen molar-refractivity contribution in [3.63, 3.8) is 0 Å². The fraction of sp³-hybridized carbons (Fsp3) is 0.0556. The van der Waals surface area contributed by atoms with Crippen LogP contribution in [0.25, 0.3) is 0 Å². The first-order chi connectivity index (χ1) is 13.0. The van der Waals surface area contributed by atoms with E-state index in [-0.39, 0.29) is 10.8 Å². The number of hydrogen-bond donors (Lipinski definition) is 0. The van der Waals surface area contributed by atoms with E-state index in [1.807, 2.05) is 0 Å². The van der Waals surface area contributed by atoms with Crippen LogP contribution in [0, 0.1) is 15.9 Å². The highest BCUT2D eigenvalue weighted by Crippen LogP contribution is 2.41. The van der Waals surface area contributed by atoms with E-state index in [0.29, 0.717) is 34.0 Å². The van der Waals surface area contributed by atoms with Crippen molar-refractivity contribution in [2.24, 2.45) is 4.99 Å². The van der Waals surface area contributed by atoms with E-state index in [9.17, 15) is 14.5 Å². The van der Waals surface area contributed by atoms with Gasteiger partial charge in [-0.15, -0.1) is 0 Å². The predicted octanol–water partition coefficient (Wildman–Crippen LogP) is 4.43. The van der Waals surface area contributed by atoms with Crippen LogP contribution in [0.15, 0.2) is 53.8 Å². The number of rotatable bonds is 2. The monoisotopic (exact) mass is 383 g/mol. The summed E-state index contributed by atoms with van der Waals surface area (Å²) in [5, 5.41) is 11.1. The summed E-state index contributed by atoms with van der Waals surface area (Å²) in [6.45, 7) is 0. The maximum atomic E-state index is 14.0. The van der Waals surface area contributed by atoms with Crippen LogP contribution in [0.4, 0.5) is 27.3 Å². The zero-order valence-electron chi connectivity index (χ0n) is 13.9. The first-order valence-electron chi connectivity index (χ1n) is 7.83. The molecule has 4 rings (SSSR count). The van der Waals surface area contributed by atoms with E-state index < -0.39 is 10.7 Å². The number of aromatic nitrogens is 2. The molecule has 2 heterocycles. The second kappa shape index (κ2) is 6.40. The summed E-state index contributed by atoms with van der Waals surface area (Å²) < 4.78 is 14.0. The Labute approximate surface area is 157 Å². The van der Waals surface area contributed by atoms with Crippen molar-refractivity contribution in [2.45, 2.75) is 0 Å². The molecule has 0 radical (unpaired) electrons. The van der Waals surface area contributed by atoms with E-state index in [4.69, 9.17) is 11.6 Å². The highest BCUT2D eigenvalue weighted by atomic mass is 35.5. The lowest BCUT2D eigenvalue weighted by molar-refractivity contribution is -0.384. The maximum Gasteiger partial charge on any atom is 0.269 e. The van der Waals surface area contributed by atoms with Crippen molar-refractivity contribution in [2.75, 3.05) is 11.9 Å². The number of hydrogen-bond acceptors (Lipinski definition) is 6. The van der Waals surface area contributed by atoms with Crippen LogP contribution >= 0.6 is 11.6 Å². The van der Waals surface area contributed by atoms with Crippen LogP contribution in [0.2, 0.25) is 5.15 Å². The number of fused-ring (bicyclic) bond motifs is 2. The molecule has 3 aromatic rings. The highest BCUT2D eigenvalue weighted by molar-refractivity contribution is 6.33. The maximum absolute atomic E-state index is 14.0. The van der Waals surface area contributed by atoms with Gasteiger partial charge in [0.25, 0.3) is 5.69 Å². The number of benzene rings is 2. The molecule has 0 N–H and O–H groups in total. The molecule has 0 unspecified atom stereocenters. The smallest absolute Gasteiger partial charge is 0.269 e. The Balaban J connectivity index is 2.00. The van der Waals surface area contributed by atoms with Crippen molar-refractivity contribution < 1.29 is 9.31 Å². The topological polar surface area (TPSA) is 84.5 Å². The molecule has 2 aromatic carbocycles. The lowest BCUT2D eigenvalue weighted by atomic mass is 10.00. The number of non-ortho nitro benzene ring substituents is 1. The summed E-state index contributed by atoms with van der Waals surface area (Å²) >= 11 is 6.23. The molecule has 0 spiro atoms. The minimum absolute atomic E-state index is 0.0497. The third-order valence-corrected chi connectivity index (χ3v) is 4.50. The molecule has 1 aromatic heterocycles. The van der Waals surface area contributed by atoms with Crippen LogP contribution in [-0.4, -0.2) is 27.7 Å². The Morgan fingerprint density at radius 1 is 1.15 bits per heavy atom. The van der Waals surface area contributed by atoms with Crippen LogP contribution in [0.1, 0.15) is 11.1 Å². The van der Waals surface area contributed by atoms with Gasteiger partial charge >= 0.3 is 0 Å². The predicted molar refractivity (Wildman–Crippen MR) is 99.9 cm³/mol. The Kier molecular flexibility index (Phi) is 4.04. The highest BCUT2D eigenvalue weighted by Gasteiger charge is 2.25. The van der Waals surface area contributed by atoms with Crippen molar-refractivity contribution in [1.29, 1.82) is 0 Å². The van der Waals surface area contributed by atoms with E-state index in [2.05, 4.69) is 15.0 Å². The number of nitro groups is 1. The number of nitro benzene ring substituents is 1. The van der Waals surface area contributed by atoms with Gasteiger partial charge in [-0.2, -0.15) is 0 Å². The molecule has 9 heteroatoms. The van der Waals surface area contributed by atoms with Gasteiger partial charge in [-0.1, -0.05) is 11.6 Å². The molecule has 0 amide bonds. The molecule has 0 fully saturated rings. The second-order valence-electron chi connectivity index (χ2n) is 5.82. The number of halogens is 2. The zero-order chi connectivity index (χ0) is 19.1. The summed E-state index contributed by atoms with van der Waals surface area (Å²) in [5.74, 6) is 0.0414. The van der Waals surface area contributed by atoms with Crippen molar-refractivity contribution in [1.82, 2.24) is 9.97 Å². The largest absolute Gasteiger partial charge is 0.327 e. The molecule has 1 aliphatic heterocycles. The molecule has 1 aliphatic rings. The van der Waals surface area contributed by atoms with Crippen LogP contribution < -0.4 is 4.90 Å². The molecule has 0 bridgehead atoms. The molecule has 134 valence electrons.